The Morgan fingerprint density at radius 3 is 2.20 bits per heavy atom. The van der Waals surface area contributed by atoms with Gasteiger partial charge in [0.25, 0.3) is 0 Å². The molecule has 2 heteroatoms. The van der Waals surface area contributed by atoms with Crippen molar-refractivity contribution in [2.24, 2.45) is 0 Å². The molecular formula is C13H11O2. The van der Waals surface area contributed by atoms with E-state index in [1.165, 1.54) is 5.92 Å². The predicted octanol–water partition coefficient (Wildman–Crippen LogP) is 2.33. The molecule has 5 radical (unpaired) electrons. The monoisotopic (exact) mass is 199 g/mol. The van der Waals surface area contributed by atoms with Crippen LogP contribution in [0.4, 0.5) is 0 Å². The molecule has 0 amide bonds. The maximum atomic E-state index is 10.6. The van der Waals surface area contributed by atoms with E-state index in [4.69, 9.17) is 5.11 Å². The van der Waals surface area contributed by atoms with E-state index in [2.05, 4.69) is 12.8 Å². The van der Waals surface area contributed by atoms with Gasteiger partial charge in [-0.1, -0.05) is 12.1 Å². The van der Waals surface area contributed by atoms with Gasteiger partial charge in [0.1, 0.15) is 0 Å². The van der Waals surface area contributed by atoms with Crippen molar-refractivity contribution in [2.75, 3.05) is 0 Å². The lowest BCUT2D eigenvalue weighted by molar-refractivity contribution is 0.0697. The van der Waals surface area contributed by atoms with Crippen molar-refractivity contribution in [3.8, 4) is 0 Å². The van der Waals surface area contributed by atoms with Gasteiger partial charge in [-0.2, -0.15) is 0 Å². The molecule has 0 unspecified atom stereocenters. The summed E-state index contributed by atoms with van der Waals surface area (Å²) in [5.41, 5.74) is 1.47. The van der Waals surface area contributed by atoms with Crippen LogP contribution in [-0.4, -0.2) is 11.1 Å². The first-order chi connectivity index (χ1) is 7.25. The summed E-state index contributed by atoms with van der Waals surface area (Å²) in [7, 11) is 0. The minimum absolute atomic E-state index is 0.334. The second-order valence-corrected chi connectivity index (χ2v) is 3.47. The average Bonchev–Trinajstić information content (AvgIpc) is 2.71. The standard InChI is InChI=1S/C13H11O2/c14-13(15)12-7-5-11(6-8-12)9-10-3-1-2-4-10/h1-8H,9H2,(H,14,15). The van der Waals surface area contributed by atoms with Crippen LogP contribution in [0.1, 0.15) is 15.9 Å². The summed E-state index contributed by atoms with van der Waals surface area (Å²) >= 11 is 0. The van der Waals surface area contributed by atoms with Gasteiger partial charge in [0.15, 0.2) is 0 Å². The van der Waals surface area contributed by atoms with Crippen molar-refractivity contribution >= 4 is 5.97 Å². The molecule has 1 N–H and O–H groups in total. The number of rotatable bonds is 3. The van der Waals surface area contributed by atoms with Gasteiger partial charge >= 0.3 is 5.97 Å². The zero-order valence-electron chi connectivity index (χ0n) is 8.18. The number of aromatic carboxylic acids is 1. The summed E-state index contributed by atoms with van der Waals surface area (Å²) in [5.74, 6) is 0.368. The van der Waals surface area contributed by atoms with Gasteiger partial charge in [0, 0.05) is 0 Å². The highest BCUT2D eigenvalue weighted by Crippen LogP contribution is 2.26. The van der Waals surface area contributed by atoms with E-state index in [0.29, 0.717) is 5.56 Å². The molecule has 0 saturated heterocycles. The number of hydrogen-bond donors (Lipinski definition) is 1. The Balaban J connectivity index is 2.00. The molecular weight excluding hydrogens is 188 g/mol. The third kappa shape index (κ3) is 2.58. The first-order valence-electron chi connectivity index (χ1n) is 4.78. The molecule has 1 fully saturated rings. The fraction of sp³-hybridized carbons (Fsp3) is 0.0769. The van der Waals surface area contributed by atoms with Crippen molar-refractivity contribution in [2.45, 2.75) is 6.42 Å². The van der Waals surface area contributed by atoms with E-state index >= 15 is 0 Å². The Morgan fingerprint density at radius 2 is 1.67 bits per heavy atom. The van der Waals surface area contributed by atoms with Gasteiger partial charge in [-0.05, 0) is 55.7 Å². The third-order valence-corrected chi connectivity index (χ3v) is 2.34. The molecule has 1 aromatic rings. The highest BCUT2D eigenvalue weighted by atomic mass is 16.4. The van der Waals surface area contributed by atoms with E-state index in [1.54, 1.807) is 12.1 Å². The van der Waals surface area contributed by atoms with Crippen molar-refractivity contribution < 1.29 is 9.90 Å². The Morgan fingerprint density at radius 1 is 1.07 bits per heavy atom. The predicted molar refractivity (Wildman–Crippen MR) is 57.5 cm³/mol. The largest absolute Gasteiger partial charge is 0.478 e. The van der Waals surface area contributed by atoms with Crippen LogP contribution in [0.2, 0.25) is 0 Å². The van der Waals surface area contributed by atoms with Crippen LogP contribution in [0.5, 0.6) is 0 Å². The molecule has 0 bridgehead atoms. The molecule has 0 aliphatic heterocycles. The lowest BCUT2D eigenvalue weighted by Gasteiger charge is -2.07. The quantitative estimate of drug-likeness (QED) is 0.811. The molecule has 0 aromatic heterocycles. The van der Waals surface area contributed by atoms with E-state index < -0.39 is 5.97 Å². The summed E-state index contributed by atoms with van der Waals surface area (Å²) < 4.78 is 0. The van der Waals surface area contributed by atoms with Crippen molar-refractivity contribution in [1.29, 1.82) is 0 Å². The average molecular weight is 199 g/mol. The number of benzene rings is 1. The molecule has 1 aromatic carbocycles. The molecule has 2 nitrogen and oxygen atoms in total. The Kier molecular flexibility index (Phi) is 3.05. The van der Waals surface area contributed by atoms with Crippen LogP contribution in [0.15, 0.2) is 24.3 Å². The van der Waals surface area contributed by atoms with E-state index in [0.717, 1.165) is 12.0 Å². The molecule has 1 aliphatic carbocycles. The van der Waals surface area contributed by atoms with Gasteiger partial charge in [-0.25, -0.2) is 4.79 Å². The zero-order chi connectivity index (χ0) is 10.7. The van der Waals surface area contributed by atoms with Gasteiger partial charge < -0.3 is 5.11 Å². The van der Waals surface area contributed by atoms with Crippen molar-refractivity contribution in [3.05, 3.63) is 67.0 Å². The number of carboxylic acid groups (broad SMARTS) is 1. The Labute approximate surface area is 89.9 Å². The van der Waals surface area contributed by atoms with Crippen LogP contribution in [0, 0.1) is 31.6 Å². The number of hydrogen-bond acceptors (Lipinski definition) is 1. The van der Waals surface area contributed by atoms with Crippen LogP contribution >= 0.6 is 0 Å². The van der Waals surface area contributed by atoms with Crippen LogP contribution in [-0.2, 0) is 6.42 Å². The molecule has 0 spiro atoms. The second-order valence-electron chi connectivity index (χ2n) is 3.47. The minimum Gasteiger partial charge on any atom is -0.478 e. The minimum atomic E-state index is -0.880. The lowest BCUT2D eigenvalue weighted by Crippen LogP contribution is -1.99. The zero-order valence-corrected chi connectivity index (χ0v) is 8.18. The topological polar surface area (TPSA) is 37.3 Å². The lowest BCUT2D eigenvalue weighted by atomic mass is 9.97. The van der Waals surface area contributed by atoms with Crippen LogP contribution in [0.25, 0.3) is 0 Å². The van der Waals surface area contributed by atoms with Crippen LogP contribution < -0.4 is 0 Å². The SMILES string of the molecule is O=C(O)c1ccc(C[C]2[CH][CH][CH][CH]2)cc1. The second kappa shape index (κ2) is 4.47. The maximum Gasteiger partial charge on any atom is 0.335 e. The fourth-order valence-corrected chi connectivity index (χ4v) is 1.53. The fourth-order valence-electron chi connectivity index (χ4n) is 1.53. The van der Waals surface area contributed by atoms with E-state index in [-0.39, 0.29) is 0 Å². The molecule has 15 heavy (non-hydrogen) atoms. The van der Waals surface area contributed by atoms with Gasteiger partial charge in [0.05, 0.1) is 5.56 Å². The van der Waals surface area contributed by atoms with Gasteiger partial charge in [0.2, 0.25) is 0 Å². The van der Waals surface area contributed by atoms with Crippen molar-refractivity contribution in [3.63, 3.8) is 0 Å². The Hall–Kier alpha value is -1.31. The Bertz CT molecular complexity index is 334. The smallest absolute Gasteiger partial charge is 0.335 e. The van der Waals surface area contributed by atoms with E-state index in [9.17, 15) is 4.79 Å². The summed E-state index contributed by atoms with van der Waals surface area (Å²) in [5, 5.41) is 8.73. The summed E-state index contributed by atoms with van der Waals surface area (Å²) in [4.78, 5) is 10.6. The normalized spacial score (nSPS) is 16.8. The molecule has 75 valence electrons. The summed E-state index contributed by atoms with van der Waals surface area (Å²) in [6, 6.07) is 6.99. The maximum absolute atomic E-state index is 10.6. The molecule has 1 aliphatic rings. The molecule has 0 heterocycles. The first-order valence-corrected chi connectivity index (χ1v) is 4.78. The number of carbonyl (C=O) groups is 1. The summed E-state index contributed by atoms with van der Waals surface area (Å²) in [6.07, 6.45) is 8.98. The van der Waals surface area contributed by atoms with Gasteiger partial charge in [-0.15, -0.1) is 0 Å². The first kappa shape index (κ1) is 10.2. The van der Waals surface area contributed by atoms with Crippen molar-refractivity contribution in [1.82, 2.24) is 0 Å². The molecule has 0 atom stereocenters. The van der Waals surface area contributed by atoms with Crippen LogP contribution in [0.3, 0.4) is 0 Å². The highest BCUT2D eigenvalue weighted by molar-refractivity contribution is 5.87. The third-order valence-electron chi connectivity index (χ3n) is 2.34. The molecule has 2 rings (SSSR count). The number of carboxylic acids is 1. The summed E-state index contributed by atoms with van der Waals surface area (Å²) in [6.45, 7) is 0. The highest BCUT2D eigenvalue weighted by Gasteiger charge is 2.17. The van der Waals surface area contributed by atoms with Gasteiger partial charge in [-0.3, -0.25) is 0 Å². The molecule has 1 saturated carbocycles. The van der Waals surface area contributed by atoms with E-state index in [1.807, 2.05) is 25.0 Å².